The van der Waals surface area contributed by atoms with Crippen molar-refractivity contribution in [1.29, 1.82) is 0 Å². The molecule has 0 saturated carbocycles. The molecule has 1 amide bonds. The minimum atomic E-state index is -4.59. The Bertz CT molecular complexity index is 1110. The largest absolute Gasteiger partial charge is 0.400 e. The number of carbonyl (C=O) groups excluding carboxylic acids is 1. The van der Waals surface area contributed by atoms with Crippen LogP contribution in [0.2, 0.25) is 10.0 Å². The lowest BCUT2D eigenvalue weighted by molar-refractivity contribution is -0.183. The first-order valence-electron chi connectivity index (χ1n) is 9.21. The number of halogens is 5. The summed E-state index contributed by atoms with van der Waals surface area (Å²) in [4.78, 5) is 28.9. The van der Waals surface area contributed by atoms with Gasteiger partial charge in [-0.15, -0.1) is 0 Å². The molecule has 0 aliphatic carbocycles. The maximum absolute atomic E-state index is 14.2. The highest BCUT2D eigenvalue weighted by Gasteiger charge is 2.58. The molecule has 2 aliphatic heterocycles. The van der Waals surface area contributed by atoms with Crippen LogP contribution in [0.3, 0.4) is 0 Å². The van der Waals surface area contributed by atoms with Crippen molar-refractivity contribution < 1.29 is 22.8 Å². The van der Waals surface area contributed by atoms with Gasteiger partial charge < -0.3 is 5.32 Å². The molecule has 3 heterocycles. The number of benzene rings is 1. The highest BCUT2D eigenvalue weighted by molar-refractivity contribution is 7.80. The maximum atomic E-state index is 14.2. The Labute approximate surface area is 195 Å². The molecule has 1 fully saturated rings. The number of aromatic nitrogens is 2. The number of alkyl halides is 3. The van der Waals surface area contributed by atoms with E-state index in [2.05, 4.69) is 25.8 Å². The number of amides is 1. The smallest absolute Gasteiger partial charge is 0.362 e. The summed E-state index contributed by atoms with van der Waals surface area (Å²) in [7, 11) is 0. The van der Waals surface area contributed by atoms with E-state index in [9.17, 15) is 18.0 Å². The van der Waals surface area contributed by atoms with Crippen molar-refractivity contribution in [3.63, 3.8) is 0 Å². The lowest BCUT2D eigenvalue weighted by atomic mass is 9.77. The average molecular weight is 504 g/mol. The van der Waals surface area contributed by atoms with E-state index in [0.717, 1.165) is 0 Å². The van der Waals surface area contributed by atoms with Gasteiger partial charge in [-0.2, -0.15) is 13.2 Å². The van der Waals surface area contributed by atoms with E-state index in [0.29, 0.717) is 5.56 Å². The molecular formula is C19H14Cl2F3N5O2S. The van der Waals surface area contributed by atoms with Crippen molar-refractivity contribution >= 4 is 52.0 Å². The van der Waals surface area contributed by atoms with Gasteiger partial charge in [0.25, 0.3) is 5.91 Å². The zero-order valence-electron chi connectivity index (χ0n) is 16.0. The van der Waals surface area contributed by atoms with Crippen LogP contribution in [0.5, 0.6) is 0 Å². The van der Waals surface area contributed by atoms with Crippen molar-refractivity contribution in [1.82, 2.24) is 20.8 Å². The van der Waals surface area contributed by atoms with Crippen LogP contribution in [-0.2, 0) is 15.0 Å². The fourth-order valence-corrected chi connectivity index (χ4v) is 3.95. The molecule has 0 bridgehead atoms. The van der Waals surface area contributed by atoms with Crippen molar-refractivity contribution in [3.05, 3.63) is 57.6 Å². The van der Waals surface area contributed by atoms with Gasteiger partial charge >= 0.3 is 6.18 Å². The number of hydroxylamine groups is 1. The molecule has 168 valence electrons. The van der Waals surface area contributed by atoms with E-state index >= 15 is 0 Å². The number of rotatable bonds is 4. The van der Waals surface area contributed by atoms with Gasteiger partial charge in [-0.25, -0.2) is 15.4 Å². The number of nitrogens with zero attached hydrogens (tertiary/aromatic N) is 3. The lowest BCUT2D eigenvalue weighted by Gasteiger charge is -2.31. The highest BCUT2D eigenvalue weighted by Crippen LogP contribution is 2.48. The summed E-state index contributed by atoms with van der Waals surface area (Å²) in [6.45, 7) is -0.422. The third-order valence-corrected chi connectivity index (χ3v) is 6.33. The minimum absolute atomic E-state index is 0.0304. The molecule has 7 nitrogen and oxygen atoms in total. The SMILES string of the molecule is O=C1NOCC1NC(=S)c1cnc(C2=NCC(c3ccc(Cl)c(Cl)c3)(C(F)(F)F)C2)nc1. The third-order valence-electron chi connectivity index (χ3n) is 5.24. The van der Waals surface area contributed by atoms with Gasteiger partial charge in [-0.3, -0.25) is 14.6 Å². The number of nitrogens with one attached hydrogen (secondary N) is 2. The molecular weight excluding hydrogens is 490 g/mol. The summed E-state index contributed by atoms with van der Waals surface area (Å²) < 4.78 is 42.5. The normalized spacial score (nSPS) is 23.1. The predicted octanol–water partition coefficient (Wildman–Crippen LogP) is 3.17. The molecule has 2 aromatic rings. The van der Waals surface area contributed by atoms with Crippen LogP contribution in [0, 0.1) is 0 Å². The Kier molecular flexibility index (Phi) is 6.10. The summed E-state index contributed by atoms with van der Waals surface area (Å²) in [6.07, 6.45) is -2.32. The van der Waals surface area contributed by atoms with Crippen LogP contribution < -0.4 is 10.8 Å². The Morgan fingerprint density at radius 1 is 1.25 bits per heavy atom. The molecule has 2 atom stereocenters. The van der Waals surface area contributed by atoms with Gasteiger partial charge in [0.05, 0.1) is 22.3 Å². The summed E-state index contributed by atoms with van der Waals surface area (Å²) in [5.41, 5.74) is 0.418. The van der Waals surface area contributed by atoms with E-state index in [1.807, 2.05) is 0 Å². The number of aliphatic imine (C=N–C) groups is 1. The Hall–Kier alpha value is -2.34. The molecule has 1 aromatic heterocycles. The maximum Gasteiger partial charge on any atom is 0.400 e. The predicted molar refractivity (Wildman–Crippen MR) is 115 cm³/mol. The molecule has 13 heteroatoms. The Balaban J connectivity index is 1.54. The number of carbonyl (C=O) groups is 1. The summed E-state index contributed by atoms with van der Waals surface area (Å²) in [5, 5.41) is 3.01. The second-order valence-corrected chi connectivity index (χ2v) is 8.47. The van der Waals surface area contributed by atoms with Crippen LogP contribution in [0.1, 0.15) is 23.4 Å². The van der Waals surface area contributed by atoms with Crippen molar-refractivity contribution in [2.45, 2.75) is 24.1 Å². The Morgan fingerprint density at radius 2 is 1.97 bits per heavy atom. The molecule has 1 aromatic carbocycles. The molecule has 0 radical (unpaired) electrons. The Morgan fingerprint density at radius 3 is 2.56 bits per heavy atom. The molecule has 4 rings (SSSR count). The van der Waals surface area contributed by atoms with E-state index in [1.165, 1.54) is 30.6 Å². The quantitative estimate of drug-likeness (QED) is 0.623. The minimum Gasteiger partial charge on any atom is -0.362 e. The fraction of sp³-hybridized carbons (Fsp3) is 0.316. The summed E-state index contributed by atoms with van der Waals surface area (Å²) in [5.74, 6) is -0.305. The molecule has 32 heavy (non-hydrogen) atoms. The van der Waals surface area contributed by atoms with Gasteiger partial charge in [0, 0.05) is 24.4 Å². The van der Waals surface area contributed by atoms with Gasteiger partial charge in [-0.1, -0.05) is 41.5 Å². The van der Waals surface area contributed by atoms with Crippen LogP contribution in [0.25, 0.3) is 0 Å². The summed E-state index contributed by atoms with van der Waals surface area (Å²) in [6, 6.07) is 3.20. The number of hydrogen-bond acceptors (Lipinski definition) is 6. The van der Waals surface area contributed by atoms with E-state index in [1.54, 1.807) is 0 Å². The van der Waals surface area contributed by atoms with E-state index in [4.69, 9.17) is 40.3 Å². The van der Waals surface area contributed by atoms with Crippen LogP contribution in [0.4, 0.5) is 13.2 Å². The lowest BCUT2D eigenvalue weighted by Crippen LogP contribution is -2.44. The van der Waals surface area contributed by atoms with Crippen LogP contribution >= 0.6 is 35.4 Å². The first-order valence-corrected chi connectivity index (χ1v) is 10.4. The fourth-order valence-electron chi connectivity index (χ4n) is 3.40. The molecule has 1 saturated heterocycles. The van der Waals surface area contributed by atoms with Gasteiger partial charge in [0.2, 0.25) is 0 Å². The second-order valence-electron chi connectivity index (χ2n) is 7.25. The van der Waals surface area contributed by atoms with Gasteiger partial charge in [0.1, 0.15) is 23.1 Å². The van der Waals surface area contributed by atoms with Crippen LogP contribution in [0.15, 0.2) is 35.6 Å². The number of thiocarbonyl (C=S) groups is 1. The first-order chi connectivity index (χ1) is 15.1. The zero-order valence-corrected chi connectivity index (χ0v) is 18.4. The second kappa shape index (κ2) is 8.54. The number of hydrogen-bond donors (Lipinski definition) is 2. The van der Waals surface area contributed by atoms with Crippen molar-refractivity contribution in [2.24, 2.45) is 4.99 Å². The molecule has 2 unspecified atom stereocenters. The standard InChI is InChI=1S/C19H14Cl2F3N5O2S/c20-11-2-1-10(3-12(11)21)18(19(22,23)24)4-13(27-8-18)15-25-5-9(6-26-15)17(32)28-14-7-31-29-16(14)30/h1-3,5-6,14H,4,7-8H2,(H,28,32)(H,29,30). The van der Waals surface area contributed by atoms with Crippen LogP contribution in [-0.4, -0.2) is 51.9 Å². The van der Waals surface area contributed by atoms with E-state index in [-0.39, 0.29) is 44.6 Å². The average Bonchev–Trinajstić information content (AvgIpc) is 3.38. The van der Waals surface area contributed by atoms with Gasteiger partial charge in [-0.05, 0) is 17.7 Å². The van der Waals surface area contributed by atoms with E-state index < -0.39 is 30.6 Å². The zero-order chi connectivity index (χ0) is 23.1. The highest BCUT2D eigenvalue weighted by atomic mass is 35.5. The van der Waals surface area contributed by atoms with Crippen molar-refractivity contribution in [2.75, 3.05) is 13.2 Å². The third kappa shape index (κ3) is 4.17. The van der Waals surface area contributed by atoms with Crippen molar-refractivity contribution in [3.8, 4) is 0 Å². The molecule has 0 spiro atoms. The first kappa shape index (κ1) is 22.8. The molecule has 2 N–H and O–H groups in total. The molecule has 2 aliphatic rings. The van der Waals surface area contributed by atoms with Gasteiger partial charge in [0.15, 0.2) is 5.82 Å². The topological polar surface area (TPSA) is 88.5 Å². The summed E-state index contributed by atoms with van der Waals surface area (Å²) >= 11 is 17.1. The monoisotopic (exact) mass is 503 g/mol.